The van der Waals surface area contributed by atoms with Gasteiger partial charge in [0, 0.05) is 40.4 Å². The predicted octanol–water partition coefficient (Wildman–Crippen LogP) is 6.57. The zero-order valence-corrected chi connectivity index (χ0v) is 27.5. The van der Waals surface area contributed by atoms with E-state index in [1.54, 1.807) is 41.9 Å². The molecule has 0 aliphatic carbocycles. The van der Waals surface area contributed by atoms with E-state index in [0.717, 1.165) is 25.6 Å². The summed E-state index contributed by atoms with van der Waals surface area (Å²) in [6.07, 6.45) is 3.42. The minimum absolute atomic E-state index is 0.0129. The van der Waals surface area contributed by atoms with E-state index < -0.39 is 29.4 Å². The van der Waals surface area contributed by atoms with Gasteiger partial charge in [-0.2, -0.15) is 5.26 Å². The van der Waals surface area contributed by atoms with Crippen LogP contribution in [0.5, 0.6) is 5.88 Å². The number of halogens is 3. The van der Waals surface area contributed by atoms with Crippen molar-refractivity contribution < 1.29 is 22.7 Å². The van der Waals surface area contributed by atoms with Gasteiger partial charge in [0.05, 0.1) is 30.4 Å². The van der Waals surface area contributed by atoms with E-state index >= 15 is 4.39 Å². The fraction of sp³-hybridized carbons (Fsp3) is 0.389. The van der Waals surface area contributed by atoms with Gasteiger partial charge in [-0.05, 0) is 64.8 Å². The lowest BCUT2D eigenvalue weighted by molar-refractivity contribution is -0.132. The molecule has 0 unspecified atom stereocenters. The molecule has 252 valence electrons. The van der Waals surface area contributed by atoms with Crippen molar-refractivity contribution >= 4 is 38.6 Å². The molecule has 0 bridgehead atoms. The van der Waals surface area contributed by atoms with Crippen LogP contribution in [-0.2, 0) is 4.79 Å². The van der Waals surface area contributed by atoms with Gasteiger partial charge in [-0.1, -0.05) is 36.1 Å². The first-order valence-corrected chi connectivity index (χ1v) is 16.4. The molecule has 13 heteroatoms. The topological polar surface area (TPSA) is 113 Å². The van der Waals surface area contributed by atoms with Crippen molar-refractivity contribution in [2.24, 2.45) is 0 Å². The van der Waals surface area contributed by atoms with Crippen LogP contribution in [0.3, 0.4) is 0 Å². The summed E-state index contributed by atoms with van der Waals surface area (Å²) in [5.41, 5.74) is 1.89. The molecule has 0 radical (unpaired) electrons. The summed E-state index contributed by atoms with van der Waals surface area (Å²) < 4.78 is 53.9. The monoisotopic (exact) mass is 668 g/mol. The van der Waals surface area contributed by atoms with Crippen LogP contribution in [0.1, 0.15) is 50.6 Å². The molecule has 0 saturated carbocycles. The Balaban J connectivity index is 1.42. The highest BCUT2D eigenvalue weighted by molar-refractivity contribution is 6.07. The molecule has 7 rings (SSSR count). The number of ether oxygens (including phenoxy) is 1. The molecule has 3 aromatic heterocycles. The number of aromatic nitrogens is 5. The normalized spacial score (nSPS) is 20.6. The van der Waals surface area contributed by atoms with E-state index in [1.165, 1.54) is 4.90 Å². The molecule has 2 aliphatic heterocycles. The Morgan fingerprint density at radius 1 is 1.16 bits per heavy atom. The number of rotatable bonds is 7. The maximum atomic E-state index is 17.1. The smallest absolute Gasteiger partial charge is 0.282 e. The number of pyridine rings is 2. The van der Waals surface area contributed by atoms with E-state index in [1.807, 2.05) is 14.0 Å². The second kappa shape index (κ2) is 12.7. The zero-order chi connectivity index (χ0) is 34.6. The first kappa shape index (κ1) is 32.5. The number of aryl methyl sites for hydroxylation is 1. The summed E-state index contributed by atoms with van der Waals surface area (Å²) in [5.74, 6) is -2.95. The third-order valence-electron chi connectivity index (χ3n) is 10.1. The van der Waals surface area contributed by atoms with Crippen LogP contribution in [0.15, 0.2) is 48.9 Å². The van der Waals surface area contributed by atoms with Crippen LogP contribution in [0.2, 0.25) is 0 Å². The largest absolute Gasteiger partial charge is 0.471 e. The molecular formula is C36H35F3N8O2. The van der Waals surface area contributed by atoms with Crippen molar-refractivity contribution in [3.05, 3.63) is 66.1 Å². The third-order valence-corrected chi connectivity index (χ3v) is 10.1. The molecule has 2 fully saturated rings. The van der Waals surface area contributed by atoms with Gasteiger partial charge in [0.15, 0.2) is 17.2 Å². The molecule has 49 heavy (non-hydrogen) atoms. The first-order chi connectivity index (χ1) is 23.6. The molecule has 1 amide bonds. The van der Waals surface area contributed by atoms with Crippen molar-refractivity contribution in [3.8, 4) is 23.2 Å². The Morgan fingerprint density at radius 2 is 1.94 bits per heavy atom. The van der Waals surface area contributed by atoms with Crippen molar-refractivity contribution in [2.75, 3.05) is 20.1 Å². The Morgan fingerprint density at radius 3 is 2.65 bits per heavy atom. The van der Waals surface area contributed by atoms with Gasteiger partial charge in [0.25, 0.3) is 5.91 Å². The summed E-state index contributed by atoms with van der Waals surface area (Å²) in [6.45, 7) is 7.97. The third kappa shape index (κ3) is 5.53. The van der Waals surface area contributed by atoms with Gasteiger partial charge in [0.1, 0.15) is 23.0 Å². The van der Waals surface area contributed by atoms with Crippen LogP contribution in [0, 0.1) is 29.9 Å². The number of hydrogen-bond acceptors (Lipinski definition) is 8. The van der Waals surface area contributed by atoms with Crippen molar-refractivity contribution in [1.82, 2.24) is 34.8 Å². The lowest BCUT2D eigenvalue weighted by atomic mass is 9.94. The molecule has 4 atom stereocenters. The molecule has 2 aromatic carbocycles. The van der Waals surface area contributed by atoms with Crippen molar-refractivity contribution in [3.63, 3.8) is 0 Å². The SMILES string of the molecule is C=C(F)C(=O)N1CC[C@H](n2nnc3c(O[C@@H](C)[C@@H]4CCCN4C)nc4c(F)c(-c5ncc(F)c6ccccc56)c(C)cc4c32)C[C@H]1CC#N. The summed E-state index contributed by atoms with van der Waals surface area (Å²) in [7, 11) is 2.04. The molecule has 10 nitrogen and oxygen atoms in total. The van der Waals surface area contributed by atoms with E-state index in [9.17, 15) is 18.8 Å². The highest BCUT2D eigenvalue weighted by Gasteiger charge is 2.36. The van der Waals surface area contributed by atoms with Gasteiger partial charge in [-0.15, -0.1) is 5.10 Å². The van der Waals surface area contributed by atoms with Crippen LogP contribution in [-0.4, -0.2) is 79.0 Å². The number of nitrogens with zero attached hydrogens (tertiary/aromatic N) is 8. The van der Waals surface area contributed by atoms with Crippen molar-refractivity contribution in [1.29, 1.82) is 5.26 Å². The fourth-order valence-electron chi connectivity index (χ4n) is 7.64. The van der Waals surface area contributed by atoms with Gasteiger partial charge in [-0.25, -0.2) is 22.8 Å². The maximum absolute atomic E-state index is 17.1. The Labute approximate surface area is 280 Å². The molecule has 0 spiro atoms. The van der Waals surface area contributed by atoms with E-state index in [-0.39, 0.29) is 53.8 Å². The summed E-state index contributed by atoms with van der Waals surface area (Å²) in [4.78, 5) is 25.2. The number of fused-ring (bicyclic) bond motifs is 4. The van der Waals surface area contributed by atoms with Crippen LogP contribution in [0.4, 0.5) is 13.2 Å². The number of carbonyl (C=O) groups excluding carboxylic acids is 1. The quantitative estimate of drug-likeness (QED) is 0.179. The Bertz CT molecular complexity index is 2180. The number of benzene rings is 2. The molecule has 5 heterocycles. The highest BCUT2D eigenvalue weighted by atomic mass is 19.1. The van der Waals surface area contributed by atoms with E-state index in [4.69, 9.17) is 9.72 Å². The molecular weight excluding hydrogens is 633 g/mol. The average Bonchev–Trinajstić information content (AvgIpc) is 3.73. The zero-order valence-electron chi connectivity index (χ0n) is 27.5. The lowest BCUT2D eigenvalue weighted by Crippen LogP contribution is -2.46. The van der Waals surface area contributed by atoms with Gasteiger partial charge in [-0.3, -0.25) is 14.7 Å². The fourth-order valence-corrected chi connectivity index (χ4v) is 7.64. The highest BCUT2D eigenvalue weighted by Crippen LogP contribution is 2.41. The number of hydrogen-bond donors (Lipinski definition) is 0. The van der Waals surface area contributed by atoms with Crippen LogP contribution >= 0.6 is 0 Å². The number of likely N-dealkylation sites (tertiary alicyclic amines) is 2. The standard InChI is InChI=1S/C36H35F3N8O2/c1-19-16-26-32(30(39)29(19)31-25-9-6-5-8-24(25)27(38)18-41-31)42-35(49-21(3)28-10-7-14-45(28)4)33-34(26)47(44-43-33)23-12-15-46(36(48)20(2)37)22(17-23)11-13-40/h5-6,8-9,16,18,21-23,28H,2,7,10-12,14-15,17H2,1,3-4H3/t21-,22+,23-,28-/m0/s1. The first-order valence-electron chi connectivity index (χ1n) is 16.4. The molecule has 0 N–H and O–H groups in total. The molecule has 5 aromatic rings. The number of likely N-dealkylation sites (N-methyl/N-ethyl adjacent to an activating group) is 1. The number of carbonyl (C=O) groups is 1. The van der Waals surface area contributed by atoms with Gasteiger partial charge in [0.2, 0.25) is 5.88 Å². The number of amides is 1. The van der Waals surface area contributed by atoms with Crippen LogP contribution in [0.25, 0.3) is 44.0 Å². The Kier molecular flexibility index (Phi) is 8.44. The minimum atomic E-state index is -1.08. The summed E-state index contributed by atoms with van der Waals surface area (Å²) in [5, 5.41) is 19.8. The maximum Gasteiger partial charge on any atom is 0.282 e. The molecule has 2 aliphatic rings. The van der Waals surface area contributed by atoms with E-state index in [2.05, 4.69) is 32.8 Å². The average molecular weight is 669 g/mol. The van der Waals surface area contributed by atoms with Gasteiger partial charge < -0.3 is 9.64 Å². The second-order valence-electron chi connectivity index (χ2n) is 13.0. The van der Waals surface area contributed by atoms with Crippen molar-refractivity contribution in [2.45, 2.75) is 70.2 Å². The minimum Gasteiger partial charge on any atom is -0.471 e. The molecule has 2 saturated heterocycles. The Hall–Kier alpha value is -5.09. The second-order valence-corrected chi connectivity index (χ2v) is 13.0. The number of piperidine rings is 1. The van der Waals surface area contributed by atoms with Gasteiger partial charge >= 0.3 is 0 Å². The van der Waals surface area contributed by atoms with Crippen LogP contribution < -0.4 is 4.74 Å². The lowest BCUT2D eigenvalue weighted by Gasteiger charge is -2.38. The van der Waals surface area contributed by atoms with E-state index in [0.29, 0.717) is 45.6 Å². The number of nitriles is 1. The summed E-state index contributed by atoms with van der Waals surface area (Å²) in [6, 6.07) is 9.89. The summed E-state index contributed by atoms with van der Waals surface area (Å²) >= 11 is 0. The predicted molar refractivity (Wildman–Crippen MR) is 178 cm³/mol.